The van der Waals surface area contributed by atoms with Crippen LogP contribution in [-0.4, -0.2) is 45.0 Å². The number of aryl methyl sites for hydroxylation is 1. The number of carbonyl (C=O) groups is 1. The third-order valence-electron chi connectivity index (χ3n) is 4.90. The molecule has 0 fully saturated rings. The van der Waals surface area contributed by atoms with Crippen molar-refractivity contribution in [3.05, 3.63) is 59.2 Å². The lowest BCUT2D eigenvalue weighted by atomic mass is 10.2. The minimum atomic E-state index is -3.58. The maximum absolute atomic E-state index is 12.3. The number of nitrogens with zero attached hydrogens (tertiary/aromatic N) is 1. The molecule has 0 atom stereocenters. The first-order valence-electron chi connectivity index (χ1n) is 11.0. The number of fused-ring (bicyclic) bond motifs is 1. The molecule has 2 aromatic carbocycles. The SMILES string of the molecule is Cc1cc(S(=O)(=O)NC(C)C)ccc1OCC(=O)NCCCNc1ccnc2cc(Cl)ccc12. The lowest BCUT2D eigenvalue weighted by molar-refractivity contribution is -0.123. The predicted molar refractivity (Wildman–Crippen MR) is 135 cm³/mol. The van der Waals surface area contributed by atoms with Gasteiger partial charge in [0.2, 0.25) is 10.0 Å². The fourth-order valence-corrected chi connectivity index (χ4v) is 4.84. The molecule has 0 saturated heterocycles. The number of nitrogens with one attached hydrogen (secondary N) is 3. The van der Waals surface area contributed by atoms with E-state index in [1.165, 1.54) is 12.1 Å². The second kappa shape index (κ2) is 11.5. The van der Waals surface area contributed by atoms with E-state index in [-0.39, 0.29) is 23.5 Å². The van der Waals surface area contributed by atoms with E-state index in [0.717, 1.165) is 23.0 Å². The highest BCUT2D eigenvalue weighted by Gasteiger charge is 2.17. The van der Waals surface area contributed by atoms with Gasteiger partial charge in [-0.2, -0.15) is 0 Å². The molecule has 0 spiro atoms. The number of anilines is 1. The summed E-state index contributed by atoms with van der Waals surface area (Å²) in [5.74, 6) is 0.214. The van der Waals surface area contributed by atoms with Crippen LogP contribution < -0.4 is 20.1 Å². The molecule has 3 rings (SSSR count). The van der Waals surface area contributed by atoms with Gasteiger partial charge in [-0.3, -0.25) is 9.78 Å². The van der Waals surface area contributed by atoms with E-state index in [0.29, 0.717) is 29.4 Å². The number of hydrogen-bond donors (Lipinski definition) is 3. The first-order valence-corrected chi connectivity index (χ1v) is 12.8. The van der Waals surface area contributed by atoms with Gasteiger partial charge >= 0.3 is 0 Å². The fraction of sp³-hybridized carbons (Fsp3) is 0.333. The summed E-state index contributed by atoms with van der Waals surface area (Å²) in [6.45, 7) is 6.26. The molecule has 3 N–H and O–H groups in total. The topological polar surface area (TPSA) is 109 Å². The molecule has 8 nitrogen and oxygen atoms in total. The fourth-order valence-electron chi connectivity index (χ4n) is 3.34. The van der Waals surface area contributed by atoms with Gasteiger partial charge in [0.25, 0.3) is 5.91 Å². The third kappa shape index (κ3) is 7.06. The van der Waals surface area contributed by atoms with Crippen LogP contribution >= 0.6 is 11.6 Å². The molecule has 0 aliphatic heterocycles. The number of ether oxygens (including phenoxy) is 1. The van der Waals surface area contributed by atoms with Gasteiger partial charge in [0.05, 0.1) is 10.4 Å². The third-order valence-corrected chi connectivity index (χ3v) is 6.79. The van der Waals surface area contributed by atoms with Crippen molar-refractivity contribution in [2.24, 2.45) is 0 Å². The maximum Gasteiger partial charge on any atom is 0.257 e. The van der Waals surface area contributed by atoms with E-state index in [9.17, 15) is 13.2 Å². The van der Waals surface area contributed by atoms with Gasteiger partial charge in [-0.15, -0.1) is 0 Å². The van der Waals surface area contributed by atoms with Crippen LogP contribution in [0.3, 0.4) is 0 Å². The first-order chi connectivity index (χ1) is 16.2. The van der Waals surface area contributed by atoms with Crippen LogP contribution in [0.1, 0.15) is 25.8 Å². The average Bonchev–Trinajstić information content (AvgIpc) is 2.77. The highest BCUT2D eigenvalue weighted by molar-refractivity contribution is 7.89. The van der Waals surface area contributed by atoms with Crippen LogP contribution in [0.25, 0.3) is 10.9 Å². The van der Waals surface area contributed by atoms with E-state index < -0.39 is 10.0 Å². The number of halogens is 1. The Bertz CT molecular complexity index is 1270. The summed E-state index contributed by atoms with van der Waals surface area (Å²) in [5, 5.41) is 7.80. The number of carbonyl (C=O) groups excluding carboxylic acids is 1. The minimum Gasteiger partial charge on any atom is -0.484 e. The van der Waals surface area contributed by atoms with Gasteiger partial charge in [-0.1, -0.05) is 11.6 Å². The minimum absolute atomic E-state index is 0.152. The normalized spacial score (nSPS) is 11.6. The molecule has 1 heterocycles. The number of aromatic nitrogens is 1. The van der Waals surface area contributed by atoms with Crippen molar-refractivity contribution < 1.29 is 17.9 Å². The molecular formula is C24H29ClN4O4S. The molecule has 0 aliphatic carbocycles. The van der Waals surface area contributed by atoms with Crippen LogP contribution in [0.4, 0.5) is 5.69 Å². The van der Waals surface area contributed by atoms with Gasteiger partial charge in [0.15, 0.2) is 6.61 Å². The molecule has 1 aromatic heterocycles. The van der Waals surface area contributed by atoms with Crippen LogP contribution in [0.2, 0.25) is 5.02 Å². The number of pyridine rings is 1. The molecule has 10 heteroatoms. The van der Waals surface area contributed by atoms with E-state index in [4.69, 9.17) is 16.3 Å². The molecule has 0 aliphatic rings. The molecule has 0 bridgehead atoms. The van der Waals surface area contributed by atoms with Crippen LogP contribution in [0.15, 0.2) is 53.6 Å². The standard InChI is InChI=1S/C24H29ClN4O4S/c1-16(2)29-34(31,32)19-6-8-23(17(3)13-19)33-15-24(30)28-11-4-10-26-21-9-12-27-22-14-18(25)5-7-20(21)22/h5-9,12-14,16,29H,4,10-11,15H2,1-3H3,(H,26,27)(H,28,30). The van der Waals surface area contributed by atoms with Crippen molar-refractivity contribution in [2.45, 2.75) is 38.1 Å². The van der Waals surface area contributed by atoms with E-state index in [1.807, 2.05) is 24.3 Å². The molecule has 34 heavy (non-hydrogen) atoms. The predicted octanol–water partition coefficient (Wildman–Crippen LogP) is 3.88. The Balaban J connectivity index is 1.42. The maximum atomic E-state index is 12.3. The monoisotopic (exact) mass is 504 g/mol. The largest absolute Gasteiger partial charge is 0.484 e. The first kappa shape index (κ1) is 25.7. The molecule has 1 amide bonds. The summed E-state index contributed by atoms with van der Waals surface area (Å²) in [5.41, 5.74) is 2.41. The van der Waals surface area contributed by atoms with Gasteiger partial charge in [0, 0.05) is 41.4 Å². The molecule has 182 valence electrons. The zero-order chi connectivity index (χ0) is 24.7. The smallest absolute Gasteiger partial charge is 0.257 e. The summed E-state index contributed by atoms with van der Waals surface area (Å²) in [4.78, 5) is 16.6. The van der Waals surface area contributed by atoms with E-state index in [2.05, 4.69) is 20.3 Å². The molecule has 3 aromatic rings. The molecule has 0 unspecified atom stereocenters. The van der Waals surface area contributed by atoms with Crippen molar-refractivity contribution in [1.82, 2.24) is 15.0 Å². The Labute approximate surface area is 205 Å². The Morgan fingerprint density at radius 3 is 2.65 bits per heavy atom. The number of benzene rings is 2. The van der Waals surface area contributed by atoms with Crippen molar-refractivity contribution in [3.8, 4) is 5.75 Å². The van der Waals surface area contributed by atoms with Crippen molar-refractivity contribution in [2.75, 3.05) is 25.0 Å². The molecule has 0 radical (unpaired) electrons. The van der Waals surface area contributed by atoms with Crippen LogP contribution in [0, 0.1) is 6.92 Å². The molecule has 0 saturated carbocycles. The second-order valence-electron chi connectivity index (χ2n) is 8.14. The summed E-state index contributed by atoms with van der Waals surface area (Å²) < 4.78 is 32.7. The summed E-state index contributed by atoms with van der Waals surface area (Å²) in [6.07, 6.45) is 2.45. The summed E-state index contributed by atoms with van der Waals surface area (Å²) in [6, 6.07) is 11.8. The quantitative estimate of drug-likeness (QED) is 0.342. The summed E-state index contributed by atoms with van der Waals surface area (Å²) in [7, 11) is -3.58. The lowest BCUT2D eigenvalue weighted by Crippen LogP contribution is -2.31. The lowest BCUT2D eigenvalue weighted by Gasteiger charge is -2.13. The highest BCUT2D eigenvalue weighted by Crippen LogP contribution is 2.24. The van der Waals surface area contributed by atoms with Crippen LogP contribution in [0.5, 0.6) is 5.75 Å². The molecular weight excluding hydrogens is 476 g/mol. The summed E-state index contributed by atoms with van der Waals surface area (Å²) >= 11 is 6.02. The Hall–Kier alpha value is -2.88. The zero-order valence-electron chi connectivity index (χ0n) is 19.4. The van der Waals surface area contributed by atoms with Gasteiger partial charge in [-0.25, -0.2) is 13.1 Å². The van der Waals surface area contributed by atoms with Gasteiger partial charge in [-0.05, 0) is 75.2 Å². The Morgan fingerprint density at radius 1 is 1.12 bits per heavy atom. The van der Waals surface area contributed by atoms with Crippen molar-refractivity contribution >= 4 is 44.1 Å². The average molecular weight is 505 g/mol. The second-order valence-corrected chi connectivity index (χ2v) is 10.3. The number of hydrogen-bond acceptors (Lipinski definition) is 6. The zero-order valence-corrected chi connectivity index (χ0v) is 21.0. The number of rotatable bonds is 11. The van der Waals surface area contributed by atoms with Crippen molar-refractivity contribution in [1.29, 1.82) is 0 Å². The van der Waals surface area contributed by atoms with Crippen molar-refractivity contribution in [3.63, 3.8) is 0 Å². The van der Waals surface area contributed by atoms with Gasteiger partial charge < -0.3 is 15.4 Å². The Kier molecular flexibility index (Phi) is 8.71. The number of amides is 1. The highest BCUT2D eigenvalue weighted by atomic mass is 35.5. The van der Waals surface area contributed by atoms with Crippen LogP contribution in [-0.2, 0) is 14.8 Å². The number of sulfonamides is 1. The van der Waals surface area contributed by atoms with Gasteiger partial charge in [0.1, 0.15) is 5.75 Å². The van der Waals surface area contributed by atoms with E-state index in [1.54, 1.807) is 33.0 Å². The Morgan fingerprint density at radius 2 is 1.91 bits per heavy atom. The van der Waals surface area contributed by atoms with E-state index >= 15 is 0 Å².